The van der Waals surface area contributed by atoms with Crippen LogP contribution in [0.2, 0.25) is 0 Å². The van der Waals surface area contributed by atoms with E-state index in [0.717, 1.165) is 0 Å². The van der Waals surface area contributed by atoms with Crippen molar-refractivity contribution in [3.05, 3.63) is 18.3 Å². The topological polar surface area (TPSA) is 69.7 Å². The van der Waals surface area contributed by atoms with Crippen molar-refractivity contribution in [3.8, 4) is 5.88 Å². The van der Waals surface area contributed by atoms with Gasteiger partial charge >= 0.3 is 0 Å². The van der Waals surface area contributed by atoms with Crippen molar-refractivity contribution < 1.29 is 19.0 Å². The predicted octanol–water partition coefficient (Wildman–Crippen LogP) is 2.64. The molecule has 0 spiro atoms. The van der Waals surface area contributed by atoms with Gasteiger partial charge in [0.25, 0.3) is 5.91 Å². The first-order valence-electron chi connectivity index (χ1n) is 7.67. The fraction of sp³-hybridized carbons (Fsp3) is 0.625. The second kappa shape index (κ2) is 9.38. The van der Waals surface area contributed by atoms with Gasteiger partial charge in [0.15, 0.2) is 0 Å². The van der Waals surface area contributed by atoms with E-state index in [1.54, 1.807) is 25.3 Å². The maximum atomic E-state index is 12.3. The molecule has 0 aliphatic rings. The smallest absolute Gasteiger partial charge is 0.256 e. The van der Waals surface area contributed by atoms with E-state index in [9.17, 15) is 4.79 Å². The van der Waals surface area contributed by atoms with Gasteiger partial charge in [-0.3, -0.25) is 4.79 Å². The molecule has 0 aliphatic heterocycles. The molecule has 1 N–H and O–H groups in total. The largest absolute Gasteiger partial charge is 0.475 e. The molecule has 0 saturated carbocycles. The molecule has 22 heavy (non-hydrogen) atoms. The number of amides is 1. The lowest BCUT2D eigenvalue weighted by Crippen LogP contribution is -2.42. The van der Waals surface area contributed by atoms with E-state index >= 15 is 0 Å². The highest BCUT2D eigenvalue weighted by atomic mass is 16.5. The number of anilines is 1. The van der Waals surface area contributed by atoms with Crippen molar-refractivity contribution in [2.45, 2.75) is 39.7 Å². The number of carbonyl (C=O) groups excluding carboxylic acids is 1. The summed E-state index contributed by atoms with van der Waals surface area (Å²) in [5.41, 5.74) is -0.219. The van der Waals surface area contributed by atoms with Crippen LogP contribution in [-0.4, -0.2) is 42.9 Å². The second-order valence-electron chi connectivity index (χ2n) is 4.90. The monoisotopic (exact) mass is 310 g/mol. The van der Waals surface area contributed by atoms with E-state index in [1.807, 2.05) is 20.8 Å². The number of nitrogens with zero attached hydrogens (tertiary/aromatic N) is 1. The standard InChI is InChI=1S/C16H26N2O4/c1-5-16(4,22-7-3)15(19)18-13-8-9-14(17-12-13)21-11-10-20-6-2/h8-9,12H,5-7,10-11H2,1-4H3,(H,18,19)/t16-/m0/s1. The van der Waals surface area contributed by atoms with Gasteiger partial charge in [0.1, 0.15) is 12.2 Å². The summed E-state index contributed by atoms with van der Waals surface area (Å²) >= 11 is 0. The van der Waals surface area contributed by atoms with Gasteiger partial charge in [0.05, 0.1) is 18.5 Å². The van der Waals surface area contributed by atoms with Crippen LogP contribution in [0, 0.1) is 0 Å². The number of hydrogen-bond acceptors (Lipinski definition) is 5. The zero-order valence-electron chi connectivity index (χ0n) is 13.8. The maximum absolute atomic E-state index is 12.3. The fourth-order valence-corrected chi connectivity index (χ4v) is 1.80. The second-order valence-corrected chi connectivity index (χ2v) is 4.90. The average Bonchev–Trinajstić information content (AvgIpc) is 2.53. The minimum Gasteiger partial charge on any atom is -0.475 e. The summed E-state index contributed by atoms with van der Waals surface area (Å²) in [4.78, 5) is 16.4. The Kier molecular flexibility index (Phi) is 7.84. The van der Waals surface area contributed by atoms with E-state index in [0.29, 0.717) is 44.4 Å². The number of carbonyl (C=O) groups is 1. The molecular formula is C16H26N2O4. The first-order chi connectivity index (χ1) is 10.6. The van der Waals surface area contributed by atoms with Crippen LogP contribution in [-0.2, 0) is 14.3 Å². The molecule has 0 aromatic carbocycles. The summed E-state index contributed by atoms with van der Waals surface area (Å²) < 4.78 is 16.1. The number of aromatic nitrogens is 1. The third-order valence-electron chi connectivity index (χ3n) is 3.29. The van der Waals surface area contributed by atoms with E-state index < -0.39 is 5.60 Å². The summed E-state index contributed by atoms with van der Waals surface area (Å²) in [5.74, 6) is 0.324. The lowest BCUT2D eigenvalue weighted by atomic mass is 10.0. The van der Waals surface area contributed by atoms with Gasteiger partial charge in [-0.05, 0) is 33.3 Å². The van der Waals surface area contributed by atoms with E-state index in [2.05, 4.69) is 10.3 Å². The number of pyridine rings is 1. The van der Waals surface area contributed by atoms with Crippen molar-refractivity contribution in [1.29, 1.82) is 0 Å². The predicted molar refractivity (Wildman–Crippen MR) is 85.2 cm³/mol. The molecule has 0 saturated heterocycles. The zero-order valence-corrected chi connectivity index (χ0v) is 13.8. The fourth-order valence-electron chi connectivity index (χ4n) is 1.80. The Morgan fingerprint density at radius 2 is 2.00 bits per heavy atom. The Bertz CT molecular complexity index is 450. The van der Waals surface area contributed by atoms with Crippen molar-refractivity contribution in [1.82, 2.24) is 4.98 Å². The first-order valence-corrected chi connectivity index (χ1v) is 7.67. The Morgan fingerprint density at radius 3 is 2.55 bits per heavy atom. The molecule has 1 aromatic rings. The minimum absolute atomic E-state index is 0.177. The van der Waals surface area contributed by atoms with Gasteiger partial charge in [-0.2, -0.15) is 0 Å². The van der Waals surface area contributed by atoms with Gasteiger partial charge in [-0.1, -0.05) is 6.92 Å². The van der Waals surface area contributed by atoms with Crippen LogP contribution < -0.4 is 10.1 Å². The molecule has 0 unspecified atom stereocenters. The highest BCUT2D eigenvalue weighted by Crippen LogP contribution is 2.19. The normalized spacial score (nSPS) is 13.5. The van der Waals surface area contributed by atoms with Gasteiger partial charge in [-0.25, -0.2) is 4.98 Å². The maximum Gasteiger partial charge on any atom is 0.256 e. The van der Waals surface area contributed by atoms with Gasteiger partial charge in [0.2, 0.25) is 5.88 Å². The van der Waals surface area contributed by atoms with E-state index in [1.165, 1.54) is 0 Å². The number of hydrogen-bond donors (Lipinski definition) is 1. The van der Waals surface area contributed by atoms with Crippen molar-refractivity contribution in [2.24, 2.45) is 0 Å². The van der Waals surface area contributed by atoms with Crippen molar-refractivity contribution in [3.63, 3.8) is 0 Å². The van der Waals surface area contributed by atoms with Crippen LogP contribution in [0.3, 0.4) is 0 Å². The first kappa shape index (κ1) is 18.4. The lowest BCUT2D eigenvalue weighted by Gasteiger charge is -2.26. The molecule has 6 heteroatoms. The van der Waals surface area contributed by atoms with Crippen LogP contribution in [0.5, 0.6) is 5.88 Å². The number of nitrogens with one attached hydrogen (secondary N) is 1. The Morgan fingerprint density at radius 1 is 1.23 bits per heavy atom. The summed E-state index contributed by atoms with van der Waals surface area (Å²) in [5, 5.41) is 2.82. The highest BCUT2D eigenvalue weighted by Gasteiger charge is 2.31. The molecule has 0 radical (unpaired) electrons. The molecule has 1 amide bonds. The molecule has 1 rings (SSSR count). The minimum atomic E-state index is -0.832. The van der Waals surface area contributed by atoms with Crippen LogP contribution in [0.15, 0.2) is 18.3 Å². The summed E-state index contributed by atoms with van der Waals surface area (Å²) in [6.45, 7) is 9.64. The third-order valence-corrected chi connectivity index (χ3v) is 3.29. The molecule has 1 atom stereocenters. The molecule has 0 bridgehead atoms. The molecule has 0 fully saturated rings. The lowest BCUT2D eigenvalue weighted by molar-refractivity contribution is -0.139. The third kappa shape index (κ3) is 5.61. The Hall–Kier alpha value is -1.66. The molecule has 6 nitrogen and oxygen atoms in total. The summed E-state index contributed by atoms with van der Waals surface area (Å²) in [7, 11) is 0. The van der Waals surface area contributed by atoms with Gasteiger partial charge in [-0.15, -0.1) is 0 Å². The molecule has 1 aromatic heterocycles. The summed E-state index contributed by atoms with van der Waals surface area (Å²) in [6.07, 6.45) is 2.16. The molecule has 124 valence electrons. The highest BCUT2D eigenvalue weighted by molar-refractivity contribution is 5.96. The van der Waals surface area contributed by atoms with Crippen LogP contribution in [0.4, 0.5) is 5.69 Å². The van der Waals surface area contributed by atoms with E-state index in [-0.39, 0.29) is 5.91 Å². The van der Waals surface area contributed by atoms with Crippen LogP contribution >= 0.6 is 0 Å². The summed E-state index contributed by atoms with van der Waals surface area (Å²) in [6, 6.07) is 3.47. The molecule has 1 heterocycles. The Labute approximate surface area is 132 Å². The van der Waals surface area contributed by atoms with Crippen molar-refractivity contribution in [2.75, 3.05) is 31.7 Å². The molecular weight excluding hydrogens is 284 g/mol. The van der Waals surface area contributed by atoms with Crippen LogP contribution in [0.1, 0.15) is 34.1 Å². The van der Waals surface area contributed by atoms with Gasteiger partial charge in [0, 0.05) is 19.3 Å². The van der Waals surface area contributed by atoms with Crippen LogP contribution in [0.25, 0.3) is 0 Å². The molecule has 0 aliphatic carbocycles. The number of ether oxygens (including phenoxy) is 3. The van der Waals surface area contributed by atoms with E-state index in [4.69, 9.17) is 14.2 Å². The average molecular weight is 310 g/mol. The van der Waals surface area contributed by atoms with Gasteiger partial charge < -0.3 is 19.5 Å². The SMILES string of the molecule is CCOCCOc1ccc(NC(=O)[C@](C)(CC)OCC)cn1. The van der Waals surface area contributed by atoms with Crippen molar-refractivity contribution >= 4 is 11.6 Å². The Balaban J connectivity index is 2.54. The number of rotatable bonds is 10. The zero-order chi connectivity index (χ0) is 16.4. The quantitative estimate of drug-likeness (QED) is 0.673.